The zero-order chi connectivity index (χ0) is 9.26. The minimum atomic E-state index is 0.639. The highest BCUT2D eigenvalue weighted by molar-refractivity contribution is 7.13. The first-order chi connectivity index (χ1) is 6.25. The molecule has 0 aliphatic carbocycles. The van der Waals surface area contributed by atoms with Gasteiger partial charge in [0.25, 0.3) is 0 Å². The molecule has 1 saturated heterocycles. The van der Waals surface area contributed by atoms with Crippen molar-refractivity contribution in [2.45, 2.75) is 18.8 Å². The van der Waals surface area contributed by atoms with E-state index in [9.17, 15) is 0 Å². The highest BCUT2D eigenvalue weighted by Gasteiger charge is 2.20. The average Bonchev–Trinajstić information content (AvgIpc) is 2.53. The van der Waals surface area contributed by atoms with Gasteiger partial charge in [0.15, 0.2) is 4.47 Å². The van der Waals surface area contributed by atoms with Gasteiger partial charge in [-0.3, -0.25) is 0 Å². The Bertz CT molecular complexity index is 279. The van der Waals surface area contributed by atoms with Crippen LogP contribution in [0.5, 0.6) is 0 Å². The van der Waals surface area contributed by atoms with E-state index in [-0.39, 0.29) is 0 Å². The second kappa shape index (κ2) is 3.95. The zero-order valence-corrected chi connectivity index (χ0v) is 9.24. The van der Waals surface area contributed by atoms with Crippen molar-refractivity contribution < 1.29 is 0 Å². The summed E-state index contributed by atoms with van der Waals surface area (Å²) in [4.78, 5) is 6.69. The fraction of sp³-hybridized carbons (Fsp3) is 0.667. The molecule has 1 aromatic heterocycles. The van der Waals surface area contributed by atoms with Crippen LogP contribution >= 0.6 is 22.9 Å². The van der Waals surface area contributed by atoms with Crippen molar-refractivity contribution in [3.05, 3.63) is 15.5 Å². The highest BCUT2D eigenvalue weighted by atomic mass is 35.5. The van der Waals surface area contributed by atoms with Crippen LogP contribution in [-0.4, -0.2) is 30.0 Å². The van der Waals surface area contributed by atoms with Gasteiger partial charge >= 0.3 is 0 Å². The molecule has 2 heterocycles. The van der Waals surface area contributed by atoms with Gasteiger partial charge in [0.1, 0.15) is 0 Å². The van der Waals surface area contributed by atoms with Crippen molar-refractivity contribution >= 4 is 22.9 Å². The highest BCUT2D eigenvalue weighted by Crippen LogP contribution is 2.29. The Morgan fingerprint density at radius 2 is 2.23 bits per heavy atom. The van der Waals surface area contributed by atoms with E-state index < -0.39 is 0 Å². The van der Waals surface area contributed by atoms with Gasteiger partial charge in [-0.2, -0.15) is 0 Å². The zero-order valence-electron chi connectivity index (χ0n) is 7.66. The van der Waals surface area contributed by atoms with Crippen LogP contribution in [0.25, 0.3) is 0 Å². The third-order valence-corrected chi connectivity index (χ3v) is 3.63. The summed E-state index contributed by atoms with van der Waals surface area (Å²) in [7, 11) is 2.17. The third kappa shape index (κ3) is 2.22. The summed E-state index contributed by atoms with van der Waals surface area (Å²) in [6.45, 7) is 2.36. The smallest absolute Gasteiger partial charge is 0.183 e. The molecule has 0 unspecified atom stereocenters. The van der Waals surface area contributed by atoms with Gasteiger partial charge in [-0.05, 0) is 33.0 Å². The summed E-state index contributed by atoms with van der Waals surface area (Å²) in [6, 6.07) is 0. The fourth-order valence-electron chi connectivity index (χ4n) is 1.76. The number of aromatic nitrogens is 1. The normalized spacial score (nSPS) is 20.8. The molecule has 0 radical (unpaired) electrons. The Morgan fingerprint density at radius 3 is 2.77 bits per heavy atom. The molecule has 4 heteroatoms. The molecule has 1 aromatic rings. The Balaban J connectivity index is 2.02. The Labute approximate surface area is 87.5 Å². The second-order valence-electron chi connectivity index (χ2n) is 3.60. The summed E-state index contributed by atoms with van der Waals surface area (Å²) in [5.74, 6) is 0.639. The molecule has 72 valence electrons. The lowest BCUT2D eigenvalue weighted by Crippen LogP contribution is -2.29. The van der Waals surface area contributed by atoms with Crippen LogP contribution < -0.4 is 0 Å². The van der Waals surface area contributed by atoms with E-state index in [4.69, 9.17) is 11.6 Å². The first-order valence-corrected chi connectivity index (χ1v) is 5.81. The maximum atomic E-state index is 5.81. The van der Waals surface area contributed by atoms with Crippen LogP contribution in [0.15, 0.2) is 5.38 Å². The van der Waals surface area contributed by atoms with Crippen molar-refractivity contribution in [1.82, 2.24) is 9.88 Å². The topological polar surface area (TPSA) is 16.1 Å². The lowest BCUT2D eigenvalue weighted by molar-refractivity contribution is 0.253. The molecule has 2 rings (SSSR count). The van der Waals surface area contributed by atoms with E-state index in [0.717, 1.165) is 0 Å². The minimum Gasteiger partial charge on any atom is -0.306 e. The maximum absolute atomic E-state index is 5.81. The molecule has 1 aliphatic rings. The number of halogens is 1. The largest absolute Gasteiger partial charge is 0.306 e. The summed E-state index contributed by atoms with van der Waals surface area (Å²) in [6.07, 6.45) is 2.44. The predicted molar refractivity (Wildman–Crippen MR) is 56.6 cm³/mol. The Kier molecular flexibility index (Phi) is 2.86. The van der Waals surface area contributed by atoms with E-state index in [2.05, 4.69) is 22.3 Å². The summed E-state index contributed by atoms with van der Waals surface area (Å²) >= 11 is 7.34. The molecule has 0 aromatic carbocycles. The van der Waals surface area contributed by atoms with Crippen molar-refractivity contribution in [3.8, 4) is 0 Å². The fourth-order valence-corrected chi connectivity index (χ4v) is 2.61. The van der Waals surface area contributed by atoms with Crippen LogP contribution in [0.3, 0.4) is 0 Å². The quantitative estimate of drug-likeness (QED) is 0.718. The molecular weight excluding hydrogens is 204 g/mol. The minimum absolute atomic E-state index is 0.639. The van der Waals surface area contributed by atoms with E-state index in [1.54, 1.807) is 0 Å². The first-order valence-electron chi connectivity index (χ1n) is 4.55. The summed E-state index contributed by atoms with van der Waals surface area (Å²) < 4.78 is 0.675. The van der Waals surface area contributed by atoms with Crippen LogP contribution in [0.4, 0.5) is 0 Å². The van der Waals surface area contributed by atoms with E-state index in [1.165, 1.54) is 43.0 Å². The Morgan fingerprint density at radius 1 is 1.54 bits per heavy atom. The number of hydrogen-bond acceptors (Lipinski definition) is 3. The molecule has 0 bridgehead atoms. The van der Waals surface area contributed by atoms with E-state index in [1.807, 2.05) is 0 Å². The van der Waals surface area contributed by atoms with Crippen molar-refractivity contribution in [2.24, 2.45) is 0 Å². The van der Waals surface area contributed by atoms with Crippen LogP contribution in [0, 0.1) is 0 Å². The second-order valence-corrected chi connectivity index (χ2v) is 5.04. The van der Waals surface area contributed by atoms with Gasteiger partial charge in [0.05, 0.1) is 5.69 Å². The number of thiazole rings is 1. The molecule has 0 amide bonds. The maximum Gasteiger partial charge on any atom is 0.183 e. The molecule has 0 atom stereocenters. The molecule has 1 aliphatic heterocycles. The van der Waals surface area contributed by atoms with Gasteiger partial charge in [0, 0.05) is 11.3 Å². The molecule has 2 nitrogen and oxygen atoms in total. The lowest BCUT2D eigenvalue weighted by Gasteiger charge is -2.27. The van der Waals surface area contributed by atoms with Crippen LogP contribution in [-0.2, 0) is 0 Å². The van der Waals surface area contributed by atoms with Crippen molar-refractivity contribution in [2.75, 3.05) is 20.1 Å². The molecular formula is C9H13ClN2S. The Hall–Kier alpha value is -0.120. The van der Waals surface area contributed by atoms with Crippen molar-refractivity contribution in [3.63, 3.8) is 0 Å². The van der Waals surface area contributed by atoms with Gasteiger partial charge < -0.3 is 4.90 Å². The molecule has 1 fully saturated rings. The standard InChI is InChI=1S/C9H13ClN2S/c1-12-4-2-7(3-5-12)8-6-13-9(10)11-8/h6-7H,2-5H2,1H3. The SMILES string of the molecule is CN1CCC(c2csc(Cl)n2)CC1. The van der Waals surface area contributed by atoms with Gasteiger partial charge in [-0.15, -0.1) is 11.3 Å². The first kappa shape index (κ1) is 9.44. The van der Waals surface area contributed by atoms with E-state index in [0.29, 0.717) is 10.4 Å². The van der Waals surface area contributed by atoms with Crippen molar-refractivity contribution in [1.29, 1.82) is 0 Å². The summed E-state index contributed by atoms with van der Waals surface area (Å²) in [5.41, 5.74) is 1.20. The number of hydrogen-bond donors (Lipinski definition) is 0. The van der Waals surface area contributed by atoms with Gasteiger partial charge in [0.2, 0.25) is 0 Å². The number of likely N-dealkylation sites (tertiary alicyclic amines) is 1. The molecule has 0 spiro atoms. The van der Waals surface area contributed by atoms with Gasteiger partial charge in [-0.25, -0.2) is 4.98 Å². The monoisotopic (exact) mass is 216 g/mol. The number of nitrogens with zero attached hydrogens (tertiary/aromatic N) is 2. The number of rotatable bonds is 1. The number of piperidine rings is 1. The average molecular weight is 217 g/mol. The summed E-state index contributed by atoms with van der Waals surface area (Å²) in [5, 5.41) is 2.10. The van der Waals surface area contributed by atoms with Crippen LogP contribution in [0.2, 0.25) is 4.47 Å². The van der Waals surface area contributed by atoms with Crippen LogP contribution in [0.1, 0.15) is 24.5 Å². The molecule has 0 saturated carbocycles. The lowest BCUT2D eigenvalue weighted by atomic mass is 9.95. The third-order valence-electron chi connectivity index (χ3n) is 2.63. The van der Waals surface area contributed by atoms with E-state index >= 15 is 0 Å². The van der Waals surface area contributed by atoms with Gasteiger partial charge in [-0.1, -0.05) is 11.6 Å². The predicted octanol–water partition coefficient (Wildman–Crippen LogP) is 2.61. The molecule has 13 heavy (non-hydrogen) atoms. The molecule has 0 N–H and O–H groups in total.